The Bertz CT molecular complexity index is 1360. The van der Waals surface area contributed by atoms with Crippen LogP contribution in [0, 0.1) is 6.92 Å². The number of rotatable bonds is 5. The average Bonchev–Trinajstić information content (AvgIpc) is 2.79. The molecule has 1 aliphatic rings. The van der Waals surface area contributed by atoms with Gasteiger partial charge in [-0.15, -0.1) is 0 Å². The zero-order chi connectivity index (χ0) is 24.4. The van der Waals surface area contributed by atoms with Crippen molar-refractivity contribution in [1.82, 2.24) is 5.32 Å². The molecule has 3 aromatic rings. The van der Waals surface area contributed by atoms with E-state index >= 15 is 0 Å². The summed E-state index contributed by atoms with van der Waals surface area (Å²) in [7, 11) is 0. The van der Waals surface area contributed by atoms with Gasteiger partial charge in [0, 0.05) is 25.6 Å². The van der Waals surface area contributed by atoms with Crippen molar-refractivity contribution in [3.05, 3.63) is 97.4 Å². The molecule has 0 aromatic heterocycles. The zero-order valence-electron chi connectivity index (χ0n) is 17.8. The summed E-state index contributed by atoms with van der Waals surface area (Å²) < 4.78 is 6.66. The number of urea groups is 1. The number of hydrogen-bond donors (Lipinski definition) is 1. The fraction of sp³-hybridized carbons (Fsp3) is 0.0800. The SMILES string of the molecule is Cc1ccc(N2C(=O)NC(=O)/C(=C/c3cc(Br)ccc3OCc3ccccc3Cl)C2=O)cc1Cl. The number of anilines is 1. The van der Waals surface area contributed by atoms with Crippen LogP contribution in [0.2, 0.25) is 10.0 Å². The molecule has 0 atom stereocenters. The van der Waals surface area contributed by atoms with Gasteiger partial charge in [0.05, 0.1) is 5.69 Å². The molecule has 0 radical (unpaired) electrons. The number of ether oxygens (including phenoxy) is 1. The summed E-state index contributed by atoms with van der Waals surface area (Å²) in [6.07, 6.45) is 1.39. The van der Waals surface area contributed by atoms with Gasteiger partial charge in [-0.05, 0) is 55.0 Å². The highest BCUT2D eigenvalue weighted by molar-refractivity contribution is 9.10. The van der Waals surface area contributed by atoms with Crippen molar-refractivity contribution >= 4 is 68.7 Å². The molecule has 0 saturated carbocycles. The van der Waals surface area contributed by atoms with Crippen LogP contribution >= 0.6 is 39.1 Å². The summed E-state index contributed by atoms with van der Waals surface area (Å²) in [6, 6.07) is 16.4. The Morgan fingerprint density at radius 3 is 2.50 bits per heavy atom. The molecule has 3 aromatic carbocycles. The molecule has 1 heterocycles. The third kappa shape index (κ3) is 5.01. The largest absolute Gasteiger partial charge is 0.488 e. The third-order valence-corrected chi connectivity index (χ3v) is 6.40. The Kier molecular flexibility index (Phi) is 7.07. The quantitative estimate of drug-likeness (QED) is 0.293. The number of halogens is 3. The molecule has 1 aliphatic heterocycles. The lowest BCUT2D eigenvalue weighted by molar-refractivity contribution is -0.122. The molecule has 4 amide bonds. The first-order valence-electron chi connectivity index (χ1n) is 10.1. The lowest BCUT2D eigenvalue weighted by Crippen LogP contribution is -2.54. The van der Waals surface area contributed by atoms with E-state index in [4.69, 9.17) is 27.9 Å². The Labute approximate surface area is 214 Å². The minimum absolute atomic E-state index is 0.185. The second-order valence-electron chi connectivity index (χ2n) is 7.45. The van der Waals surface area contributed by atoms with E-state index in [-0.39, 0.29) is 17.9 Å². The summed E-state index contributed by atoms with van der Waals surface area (Å²) in [5, 5.41) is 3.16. The number of nitrogens with zero attached hydrogens (tertiary/aromatic N) is 1. The summed E-state index contributed by atoms with van der Waals surface area (Å²) >= 11 is 15.8. The number of nitrogens with one attached hydrogen (secondary N) is 1. The van der Waals surface area contributed by atoms with Crippen LogP contribution in [0.25, 0.3) is 6.08 Å². The summed E-state index contributed by atoms with van der Waals surface area (Å²) in [6.45, 7) is 1.99. The number of hydrogen-bond acceptors (Lipinski definition) is 4. The Hall–Kier alpha value is -3.13. The van der Waals surface area contributed by atoms with Gasteiger partial charge in [-0.3, -0.25) is 14.9 Å². The van der Waals surface area contributed by atoms with E-state index in [9.17, 15) is 14.4 Å². The summed E-state index contributed by atoms with van der Waals surface area (Å²) in [5.41, 5.74) is 2.07. The van der Waals surface area contributed by atoms with Crippen LogP contribution in [0.1, 0.15) is 16.7 Å². The molecular weight excluding hydrogens is 543 g/mol. The van der Waals surface area contributed by atoms with Crippen LogP contribution in [-0.2, 0) is 16.2 Å². The molecule has 4 rings (SSSR count). The molecule has 0 bridgehead atoms. The number of aryl methyl sites for hydroxylation is 1. The van der Waals surface area contributed by atoms with Crippen molar-refractivity contribution in [3.63, 3.8) is 0 Å². The van der Waals surface area contributed by atoms with Crippen LogP contribution in [0.15, 0.2) is 70.7 Å². The number of imide groups is 2. The fourth-order valence-corrected chi connectivity index (χ4v) is 4.05. The van der Waals surface area contributed by atoms with Gasteiger partial charge in [0.2, 0.25) is 0 Å². The second kappa shape index (κ2) is 10.0. The average molecular weight is 560 g/mol. The van der Waals surface area contributed by atoms with E-state index in [1.54, 1.807) is 43.3 Å². The van der Waals surface area contributed by atoms with E-state index in [2.05, 4.69) is 21.2 Å². The van der Waals surface area contributed by atoms with Gasteiger partial charge in [0.15, 0.2) is 0 Å². The van der Waals surface area contributed by atoms with Crippen LogP contribution in [0.3, 0.4) is 0 Å². The highest BCUT2D eigenvalue weighted by Crippen LogP contribution is 2.30. The van der Waals surface area contributed by atoms with Gasteiger partial charge < -0.3 is 4.74 Å². The molecule has 1 N–H and O–H groups in total. The van der Waals surface area contributed by atoms with Crippen LogP contribution in [0.5, 0.6) is 5.75 Å². The molecular formula is C25H17BrCl2N2O4. The number of carbonyl (C=O) groups excluding carboxylic acids is 3. The zero-order valence-corrected chi connectivity index (χ0v) is 20.9. The predicted molar refractivity (Wildman–Crippen MR) is 135 cm³/mol. The Balaban J connectivity index is 1.69. The van der Waals surface area contributed by atoms with Crippen molar-refractivity contribution in [2.75, 3.05) is 4.90 Å². The van der Waals surface area contributed by atoms with Crippen LogP contribution in [0.4, 0.5) is 10.5 Å². The van der Waals surface area contributed by atoms with E-state index in [0.717, 1.165) is 16.0 Å². The van der Waals surface area contributed by atoms with Gasteiger partial charge in [-0.1, -0.05) is 63.4 Å². The number of carbonyl (C=O) groups is 3. The van der Waals surface area contributed by atoms with Crippen LogP contribution < -0.4 is 15.0 Å². The lowest BCUT2D eigenvalue weighted by Gasteiger charge is -2.26. The Morgan fingerprint density at radius 2 is 1.76 bits per heavy atom. The molecule has 34 heavy (non-hydrogen) atoms. The van der Waals surface area contributed by atoms with Crippen molar-refractivity contribution in [2.45, 2.75) is 13.5 Å². The first-order chi connectivity index (χ1) is 16.2. The lowest BCUT2D eigenvalue weighted by atomic mass is 10.1. The summed E-state index contributed by atoms with van der Waals surface area (Å²) in [5.74, 6) is -1.15. The van der Waals surface area contributed by atoms with Crippen LogP contribution in [-0.4, -0.2) is 17.8 Å². The van der Waals surface area contributed by atoms with E-state index < -0.39 is 17.8 Å². The summed E-state index contributed by atoms with van der Waals surface area (Å²) in [4.78, 5) is 39.2. The fourth-order valence-electron chi connectivity index (χ4n) is 3.30. The van der Waals surface area contributed by atoms with E-state index in [1.165, 1.54) is 12.1 Å². The van der Waals surface area contributed by atoms with Crippen molar-refractivity contribution in [2.24, 2.45) is 0 Å². The van der Waals surface area contributed by atoms with Gasteiger partial charge in [0.25, 0.3) is 11.8 Å². The Morgan fingerprint density at radius 1 is 1.00 bits per heavy atom. The third-order valence-electron chi connectivity index (χ3n) is 5.13. The standard InChI is InChI=1S/C25H17BrCl2N2O4/c1-14-6-8-18(12-21(14)28)30-24(32)19(23(31)29-25(30)33)11-16-10-17(26)7-9-22(16)34-13-15-4-2-3-5-20(15)27/h2-12H,13H2,1H3,(H,29,31,33)/b19-11-. The van der Waals surface area contributed by atoms with Gasteiger partial charge in [-0.2, -0.15) is 0 Å². The highest BCUT2D eigenvalue weighted by Gasteiger charge is 2.37. The molecule has 1 saturated heterocycles. The monoisotopic (exact) mass is 558 g/mol. The maximum atomic E-state index is 13.2. The molecule has 0 unspecified atom stereocenters. The van der Waals surface area contributed by atoms with Gasteiger partial charge in [0.1, 0.15) is 17.9 Å². The van der Waals surface area contributed by atoms with Gasteiger partial charge >= 0.3 is 6.03 Å². The molecule has 172 valence electrons. The maximum Gasteiger partial charge on any atom is 0.335 e. The van der Waals surface area contributed by atoms with E-state index in [0.29, 0.717) is 25.8 Å². The smallest absolute Gasteiger partial charge is 0.335 e. The number of benzene rings is 3. The number of barbiturate groups is 1. The molecule has 6 nitrogen and oxygen atoms in total. The van der Waals surface area contributed by atoms with Crippen molar-refractivity contribution < 1.29 is 19.1 Å². The minimum Gasteiger partial charge on any atom is -0.488 e. The molecule has 0 spiro atoms. The minimum atomic E-state index is -0.850. The maximum absolute atomic E-state index is 13.2. The topological polar surface area (TPSA) is 75.7 Å². The normalized spacial score (nSPS) is 15.0. The second-order valence-corrected chi connectivity index (χ2v) is 9.18. The molecule has 9 heteroatoms. The first-order valence-corrected chi connectivity index (χ1v) is 11.6. The van der Waals surface area contributed by atoms with Crippen molar-refractivity contribution in [1.29, 1.82) is 0 Å². The number of amides is 4. The predicted octanol–water partition coefficient (Wildman–Crippen LogP) is 6.31. The molecule has 1 fully saturated rings. The first kappa shape index (κ1) is 24.0. The van der Waals surface area contributed by atoms with Gasteiger partial charge in [-0.25, -0.2) is 9.69 Å². The van der Waals surface area contributed by atoms with E-state index in [1.807, 2.05) is 18.2 Å². The van der Waals surface area contributed by atoms with Crippen molar-refractivity contribution in [3.8, 4) is 5.75 Å². The highest BCUT2D eigenvalue weighted by atomic mass is 79.9. The molecule has 0 aliphatic carbocycles.